The molecule has 8 nitrogen and oxygen atoms in total. The zero-order valence-corrected chi connectivity index (χ0v) is 22.9. The quantitative estimate of drug-likeness (QED) is 0.333. The number of para-hydroxylation sites is 3. The molecule has 1 amide bonds. The summed E-state index contributed by atoms with van der Waals surface area (Å²) in [6.45, 7) is 5.10. The minimum absolute atomic E-state index is 0.00390. The van der Waals surface area contributed by atoms with E-state index in [-0.39, 0.29) is 23.6 Å². The number of hydrogen-bond donors (Lipinski definition) is 0. The van der Waals surface area contributed by atoms with Gasteiger partial charge in [-0.25, -0.2) is 4.79 Å². The van der Waals surface area contributed by atoms with Gasteiger partial charge in [0.1, 0.15) is 12.4 Å². The van der Waals surface area contributed by atoms with Crippen molar-refractivity contribution in [1.29, 1.82) is 0 Å². The number of carbonyl (C=O) groups excluding carboxylic acids is 1. The molecular weight excluding hydrogens is 502 g/mol. The lowest BCUT2D eigenvalue weighted by molar-refractivity contribution is -0.138. The number of rotatable bonds is 8. The Morgan fingerprint density at radius 2 is 1.50 bits per heavy atom. The predicted octanol–water partition coefficient (Wildman–Crippen LogP) is 4.35. The Morgan fingerprint density at radius 3 is 2.23 bits per heavy atom. The van der Waals surface area contributed by atoms with Crippen LogP contribution in [0.4, 0.5) is 0 Å². The molecule has 2 aromatic heterocycles. The molecule has 2 aliphatic rings. The molecule has 6 rings (SSSR count). The van der Waals surface area contributed by atoms with Crippen LogP contribution in [-0.2, 0) is 17.9 Å². The lowest BCUT2D eigenvalue weighted by atomic mass is 9.93. The number of benzene rings is 2. The van der Waals surface area contributed by atoms with E-state index < -0.39 is 0 Å². The first-order chi connectivity index (χ1) is 19.7. The first kappa shape index (κ1) is 26.3. The van der Waals surface area contributed by atoms with Gasteiger partial charge in [-0.15, -0.1) is 0 Å². The van der Waals surface area contributed by atoms with E-state index in [1.54, 1.807) is 0 Å². The highest BCUT2D eigenvalue weighted by Gasteiger charge is 2.32. The molecule has 0 spiro atoms. The monoisotopic (exact) mass is 539 g/mol. The van der Waals surface area contributed by atoms with Gasteiger partial charge in [0.15, 0.2) is 0 Å². The standard InChI is InChI=1S/C32H37N5O3/c38-31(26-12-18-34(19-13-26)24-25-10-16-33-17-11-25)35-20-14-27(15-21-35)37-30-9-5-4-8-29(30)36(32(37)39)22-23-40-28-6-2-1-3-7-28/h1-11,16-17,26-27H,12-15,18-24H2. The molecule has 0 saturated carbocycles. The van der Waals surface area contributed by atoms with Gasteiger partial charge in [0, 0.05) is 44.0 Å². The van der Waals surface area contributed by atoms with Gasteiger partial charge < -0.3 is 9.64 Å². The number of piperidine rings is 2. The van der Waals surface area contributed by atoms with Crippen LogP contribution in [-0.4, -0.2) is 62.6 Å². The first-order valence-electron chi connectivity index (χ1n) is 14.4. The van der Waals surface area contributed by atoms with Gasteiger partial charge in [0.05, 0.1) is 17.6 Å². The Labute approximate surface area is 234 Å². The third kappa shape index (κ3) is 5.68. The maximum Gasteiger partial charge on any atom is 0.329 e. The van der Waals surface area contributed by atoms with Crippen LogP contribution < -0.4 is 10.4 Å². The summed E-state index contributed by atoms with van der Waals surface area (Å²) in [5, 5.41) is 0. The number of imidazole rings is 1. The molecule has 0 aliphatic carbocycles. The van der Waals surface area contributed by atoms with Gasteiger partial charge >= 0.3 is 5.69 Å². The second-order valence-corrected chi connectivity index (χ2v) is 10.9. The zero-order valence-electron chi connectivity index (χ0n) is 22.9. The van der Waals surface area contributed by atoms with Crippen LogP contribution in [0, 0.1) is 5.92 Å². The summed E-state index contributed by atoms with van der Waals surface area (Å²) < 4.78 is 9.67. The molecule has 0 atom stereocenters. The van der Waals surface area contributed by atoms with Crippen LogP contribution in [0.2, 0.25) is 0 Å². The fourth-order valence-electron chi connectivity index (χ4n) is 6.26. The summed E-state index contributed by atoms with van der Waals surface area (Å²) in [5.41, 5.74) is 3.16. The molecular formula is C32H37N5O3. The molecule has 2 aliphatic heterocycles. The third-order valence-electron chi connectivity index (χ3n) is 8.43. The number of ether oxygens (including phenoxy) is 1. The van der Waals surface area contributed by atoms with Crippen LogP contribution in [0.5, 0.6) is 5.75 Å². The Balaban J connectivity index is 1.06. The van der Waals surface area contributed by atoms with Gasteiger partial charge in [-0.05, 0) is 80.7 Å². The Morgan fingerprint density at radius 1 is 0.825 bits per heavy atom. The number of carbonyl (C=O) groups is 1. The number of pyridine rings is 1. The van der Waals surface area contributed by atoms with Crippen LogP contribution >= 0.6 is 0 Å². The van der Waals surface area contributed by atoms with Gasteiger partial charge in [0.25, 0.3) is 0 Å². The van der Waals surface area contributed by atoms with E-state index in [9.17, 15) is 9.59 Å². The van der Waals surface area contributed by atoms with Crippen molar-refractivity contribution < 1.29 is 9.53 Å². The lowest BCUT2D eigenvalue weighted by Gasteiger charge is -2.37. The van der Waals surface area contributed by atoms with Crippen molar-refractivity contribution >= 4 is 16.9 Å². The van der Waals surface area contributed by atoms with E-state index in [0.717, 1.165) is 62.1 Å². The fourth-order valence-corrected chi connectivity index (χ4v) is 6.26. The minimum atomic E-state index is 0.00390. The highest BCUT2D eigenvalue weighted by molar-refractivity contribution is 5.79. The third-order valence-corrected chi connectivity index (χ3v) is 8.43. The molecule has 40 heavy (non-hydrogen) atoms. The molecule has 8 heteroatoms. The van der Waals surface area contributed by atoms with Crippen molar-refractivity contribution in [2.24, 2.45) is 5.92 Å². The summed E-state index contributed by atoms with van der Waals surface area (Å²) in [6, 6.07) is 21.9. The molecule has 4 heterocycles. The average Bonchev–Trinajstić information content (AvgIpc) is 3.29. The number of likely N-dealkylation sites (tertiary alicyclic amines) is 2. The molecule has 0 N–H and O–H groups in total. The summed E-state index contributed by atoms with van der Waals surface area (Å²) in [4.78, 5) is 35.6. The minimum Gasteiger partial charge on any atom is -0.492 e. The van der Waals surface area contributed by atoms with E-state index in [1.165, 1.54) is 5.56 Å². The van der Waals surface area contributed by atoms with Crippen molar-refractivity contribution in [2.75, 3.05) is 32.8 Å². The van der Waals surface area contributed by atoms with Crippen LogP contribution in [0.1, 0.15) is 37.3 Å². The molecule has 2 saturated heterocycles. The molecule has 0 unspecified atom stereocenters. The molecule has 2 fully saturated rings. The molecule has 4 aromatic rings. The number of nitrogens with zero attached hydrogens (tertiary/aromatic N) is 5. The molecule has 208 valence electrons. The van der Waals surface area contributed by atoms with E-state index in [0.29, 0.717) is 26.2 Å². The van der Waals surface area contributed by atoms with E-state index in [4.69, 9.17) is 4.74 Å². The van der Waals surface area contributed by atoms with Gasteiger partial charge in [0.2, 0.25) is 5.91 Å². The van der Waals surface area contributed by atoms with Gasteiger partial charge in [-0.3, -0.25) is 23.8 Å². The van der Waals surface area contributed by atoms with E-state index in [2.05, 4.69) is 22.0 Å². The number of fused-ring (bicyclic) bond motifs is 1. The van der Waals surface area contributed by atoms with Gasteiger partial charge in [-0.1, -0.05) is 30.3 Å². The van der Waals surface area contributed by atoms with Crippen LogP contribution in [0.25, 0.3) is 11.0 Å². The van der Waals surface area contributed by atoms with Crippen molar-refractivity contribution in [1.82, 2.24) is 23.9 Å². The molecule has 0 radical (unpaired) electrons. The van der Waals surface area contributed by atoms with Crippen LogP contribution in [0.3, 0.4) is 0 Å². The second kappa shape index (κ2) is 12.1. The van der Waals surface area contributed by atoms with Crippen LogP contribution in [0.15, 0.2) is 83.9 Å². The van der Waals surface area contributed by atoms with E-state index in [1.807, 2.05) is 81.0 Å². The maximum absolute atomic E-state index is 13.6. The first-order valence-corrected chi connectivity index (χ1v) is 14.4. The van der Waals surface area contributed by atoms with Gasteiger partial charge in [-0.2, -0.15) is 0 Å². The molecule has 0 bridgehead atoms. The van der Waals surface area contributed by atoms with E-state index >= 15 is 0 Å². The Kier molecular flexibility index (Phi) is 7.95. The van der Waals surface area contributed by atoms with Crippen molar-refractivity contribution in [2.45, 2.75) is 44.8 Å². The second-order valence-electron chi connectivity index (χ2n) is 10.9. The summed E-state index contributed by atoms with van der Waals surface area (Å²) in [7, 11) is 0. The van der Waals surface area contributed by atoms with Crippen molar-refractivity contribution in [3.63, 3.8) is 0 Å². The number of hydrogen-bond acceptors (Lipinski definition) is 5. The summed E-state index contributed by atoms with van der Waals surface area (Å²) in [5.74, 6) is 1.19. The number of aromatic nitrogens is 3. The van der Waals surface area contributed by atoms with Crippen molar-refractivity contribution in [3.05, 3.63) is 95.2 Å². The summed E-state index contributed by atoms with van der Waals surface area (Å²) in [6.07, 6.45) is 7.06. The SMILES string of the molecule is O=C(C1CCN(Cc2ccncc2)CC1)N1CCC(n2c(=O)n(CCOc3ccccc3)c3ccccc32)CC1. The normalized spacial score (nSPS) is 17.4. The van der Waals surface area contributed by atoms with Crippen molar-refractivity contribution in [3.8, 4) is 5.75 Å². The smallest absolute Gasteiger partial charge is 0.329 e. The highest BCUT2D eigenvalue weighted by Crippen LogP contribution is 2.28. The lowest BCUT2D eigenvalue weighted by Crippen LogP contribution is -2.46. The average molecular weight is 540 g/mol. The fraction of sp³-hybridized carbons (Fsp3) is 0.406. The maximum atomic E-state index is 13.6. The highest BCUT2D eigenvalue weighted by atomic mass is 16.5. The zero-order chi connectivity index (χ0) is 27.3. The number of amides is 1. The topological polar surface area (TPSA) is 72.6 Å². The largest absolute Gasteiger partial charge is 0.492 e. The summed E-state index contributed by atoms with van der Waals surface area (Å²) >= 11 is 0. The Bertz CT molecular complexity index is 1470. The molecule has 2 aromatic carbocycles. The Hall–Kier alpha value is -3.91. The predicted molar refractivity (Wildman–Crippen MR) is 155 cm³/mol.